The van der Waals surface area contributed by atoms with E-state index in [1.807, 2.05) is 42.5 Å². The van der Waals surface area contributed by atoms with Gasteiger partial charge in [-0.05, 0) is 36.4 Å². The smallest absolute Gasteiger partial charge is 0.266 e. The van der Waals surface area contributed by atoms with Gasteiger partial charge in [0.25, 0.3) is 5.89 Å². The van der Waals surface area contributed by atoms with Crippen LogP contribution in [0.15, 0.2) is 53.1 Å². The lowest BCUT2D eigenvalue weighted by Gasteiger charge is -1.99. The van der Waals surface area contributed by atoms with E-state index in [0.717, 1.165) is 11.3 Å². The summed E-state index contributed by atoms with van der Waals surface area (Å²) in [6.45, 7) is 0. The standard InChI is InChI=1S/C14H11N3O2/c1-18-11-7-5-10(6-8-11)13-16-17-14(19-13)12-4-2-3-9-15-12/h2-9H,1H3. The third-order valence-corrected chi connectivity index (χ3v) is 2.65. The highest BCUT2D eigenvalue weighted by Gasteiger charge is 2.10. The summed E-state index contributed by atoms with van der Waals surface area (Å²) in [6, 6.07) is 13.0. The van der Waals surface area contributed by atoms with Gasteiger partial charge in [-0.1, -0.05) is 6.07 Å². The summed E-state index contributed by atoms with van der Waals surface area (Å²) in [5.41, 5.74) is 1.50. The fourth-order valence-electron chi connectivity index (χ4n) is 1.67. The lowest BCUT2D eigenvalue weighted by atomic mass is 10.2. The number of benzene rings is 1. The minimum absolute atomic E-state index is 0.409. The largest absolute Gasteiger partial charge is 0.497 e. The van der Waals surface area contributed by atoms with Crippen molar-refractivity contribution in [1.82, 2.24) is 15.2 Å². The number of rotatable bonds is 3. The average molecular weight is 253 g/mol. The number of aromatic nitrogens is 3. The van der Waals surface area contributed by atoms with Crippen molar-refractivity contribution in [2.45, 2.75) is 0 Å². The molecular weight excluding hydrogens is 242 g/mol. The molecule has 0 fully saturated rings. The van der Waals surface area contributed by atoms with E-state index in [1.165, 1.54) is 0 Å². The molecule has 3 aromatic rings. The summed E-state index contributed by atoms with van der Waals surface area (Å²) in [5, 5.41) is 8.02. The summed E-state index contributed by atoms with van der Waals surface area (Å²) in [4.78, 5) is 4.17. The Balaban J connectivity index is 1.92. The van der Waals surface area contributed by atoms with Crippen LogP contribution in [0.3, 0.4) is 0 Å². The first-order chi connectivity index (χ1) is 9.36. The minimum atomic E-state index is 0.409. The number of pyridine rings is 1. The fourth-order valence-corrected chi connectivity index (χ4v) is 1.67. The maximum absolute atomic E-state index is 5.60. The normalized spacial score (nSPS) is 10.4. The second kappa shape index (κ2) is 4.89. The van der Waals surface area contributed by atoms with Crippen molar-refractivity contribution in [3.8, 4) is 28.8 Å². The minimum Gasteiger partial charge on any atom is -0.497 e. The van der Waals surface area contributed by atoms with Crippen molar-refractivity contribution in [1.29, 1.82) is 0 Å². The van der Waals surface area contributed by atoms with Gasteiger partial charge in [-0.2, -0.15) is 0 Å². The van der Waals surface area contributed by atoms with Crippen molar-refractivity contribution in [3.63, 3.8) is 0 Å². The fraction of sp³-hybridized carbons (Fsp3) is 0.0714. The molecule has 0 radical (unpaired) electrons. The van der Waals surface area contributed by atoms with Crippen molar-refractivity contribution in [2.24, 2.45) is 0 Å². The molecule has 0 saturated carbocycles. The summed E-state index contributed by atoms with van der Waals surface area (Å²) >= 11 is 0. The highest BCUT2D eigenvalue weighted by atomic mass is 16.5. The lowest BCUT2D eigenvalue weighted by Crippen LogP contribution is -1.82. The SMILES string of the molecule is COc1ccc(-c2nnc(-c3ccccn3)o2)cc1. The summed E-state index contributed by atoms with van der Waals surface area (Å²) in [7, 11) is 1.63. The van der Waals surface area contributed by atoms with E-state index in [0.29, 0.717) is 17.5 Å². The van der Waals surface area contributed by atoms with E-state index in [-0.39, 0.29) is 0 Å². The Labute approximate surface area is 109 Å². The molecule has 2 aromatic heterocycles. The second-order valence-electron chi connectivity index (χ2n) is 3.86. The van der Waals surface area contributed by atoms with Crippen molar-refractivity contribution in [3.05, 3.63) is 48.7 Å². The van der Waals surface area contributed by atoms with Crippen LogP contribution in [-0.4, -0.2) is 22.3 Å². The number of hydrogen-bond acceptors (Lipinski definition) is 5. The first-order valence-corrected chi connectivity index (χ1v) is 5.76. The van der Waals surface area contributed by atoms with Gasteiger partial charge in [0.15, 0.2) is 0 Å². The van der Waals surface area contributed by atoms with Gasteiger partial charge in [-0.25, -0.2) is 0 Å². The first kappa shape index (κ1) is 11.4. The number of methoxy groups -OCH3 is 1. The molecule has 0 N–H and O–H groups in total. The number of hydrogen-bond donors (Lipinski definition) is 0. The molecule has 0 aliphatic rings. The zero-order valence-corrected chi connectivity index (χ0v) is 10.3. The Bertz CT molecular complexity index is 663. The number of nitrogens with zero attached hydrogens (tertiary/aromatic N) is 3. The highest BCUT2D eigenvalue weighted by molar-refractivity contribution is 5.56. The van der Waals surface area contributed by atoms with Gasteiger partial charge < -0.3 is 9.15 Å². The van der Waals surface area contributed by atoms with E-state index < -0.39 is 0 Å². The van der Waals surface area contributed by atoms with E-state index in [2.05, 4.69) is 15.2 Å². The summed E-state index contributed by atoms with van der Waals surface area (Å²) < 4.78 is 10.7. The predicted octanol–water partition coefficient (Wildman–Crippen LogP) is 2.81. The molecular formula is C14H11N3O2. The van der Waals surface area contributed by atoms with Crippen molar-refractivity contribution < 1.29 is 9.15 Å². The number of ether oxygens (including phenoxy) is 1. The Morgan fingerprint density at radius 2 is 1.74 bits per heavy atom. The Kier molecular flexibility index (Phi) is 2.94. The van der Waals surface area contributed by atoms with Crippen LogP contribution >= 0.6 is 0 Å². The molecule has 5 nitrogen and oxygen atoms in total. The van der Waals surface area contributed by atoms with Crippen LogP contribution < -0.4 is 4.74 Å². The average Bonchev–Trinajstić information content (AvgIpc) is 2.98. The maximum Gasteiger partial charge on any atom is 0.266 e. The molecule has 1 aromatic carbocycles. The monoisotopic (exact) mass is 253 g/mol. The van der Waals surface area contributed by atoms with E-state index in [4.69, 9.17) is 9.15 Å². The first-order valence-electron chi connectivity index (χ1n) is 5.76. The molecule has 0 bridgehead atoms. The summed E-state index contributed by atoms with van der Waals surface area (Å²) in [5.74, 6) is 1.66. The predicted molar refractivity (Wildman–Crippen MR) is 69.5 cm³/mol. The van der Waals surface area contributed by atoms with Gasteiger partial charge in [-0.3, -0.25) is 4.98 Å². The molecule has 0 amide bonds. The molecule has 0 aliphatic carbocycles. The van der Waals surface area contributed by atoms with Crippen LogP contribution in [0.1, 0.15) is 0 Å². The molecule has 2 heterocycles. The van der Waals surface area contributed by atoms with Gasteiger partial charge in [0.05, 0.1) is 7.11 Å². The molecule has 0 aliphatic heterocycles. The van der Waals surface area contributed by atoms with Crippen LogP contribution in [0.4, 0.5) is 0 Å². The van der Waals surface area contributed by atoms with Gasteiger partial charge in [0, 0.05) is 11.8 Å². The van der Waals surface area contributed by atoms with Crippen LogP contribution in [0.2, 0.25) is 0 Å². The van der Waals surface area contributed by atoms with E-state index >= 15 is 0 Å². The van der Waals surface area contributed by atoms with Gasteiger partial charge in [-0.15, -0.1) is 10.2 Å². The van der Waals surface area contributed by atoms with Crippen LogP contribution in [0.25, 0.3) is 23.0 Å². The molecule has 0 atom stereocenters. The molecule has 0 unspecified atom stereocenters. The molecule has 3 rings (SSSR count). The van der Waals surface area contributed by atoms with Crippen LogP contribution in [0.5, 0.6) is 5.75 Å². The molecule has 0 spiro atoms. The van der Waals surface area contributed by atoms with Crippen LogP contribution in [-0.2, 0) is 0 Å². The third-order valence-electron chi connectivity index (χ3n) is 2.65. The molecule has 19 heavy (non-hydrogen) atoms. The van der Waals surface area contributed by atoms with E-state index in [9.17, 15) is 0 Å². The van der Waals surface area contributed by atoms with Gasteiger partial charge >= 0.3 is 0 Å². The Morgan fingerprint density at radius 1 is 0.947 bits per heavy atom. The summed E-state index contributed by atoms with van der Waals surface area (Å²) in [6.07, 6.45) is 1.69. The quantitative estimate of drug-likeness (QED) is 0.718. The zero-order chi connectivity index (χ0) is 13.1. The van der Waals surface area contributed by atoms with E-state index in [1.54, 1.807) is 13.3 Å². The second-order valence-corrected chi connectivity index (χ2v) is 3.86. The lowest BCUT2D eigenvalue weighted by molar-refractivity contribution is 0.415. The highest BCUT2D eigenvalue weighted by Crippen LogP contribution is 2.24. The topological polar surface area (TPSA) is 61.0 Å². The molecule has 5 heteroatoms. The van der Waals surface area contributed by atoms with Crippen molar-refractivity contribution >= 4 is 0 Å². The zero-order valence-electron chi connectivity index (χ0n) is 10.3. The van der Waals surface area contributed by atoms with Gasteiger partial charge in [0.1, 0.15) is 11.4 Å². The maximum atomic E-state index is 5.60. The third kappa shape index (κ3) is 2.30. The van der Waals surface area contributed by atoms with Gasteiger partial charge in [0.2, 0.25) is 5.89 Å². The van der Waals surface area contributed by atoms with Crippen molar-refractivity contribution in [2.75, 3.05) is 7.11 Å². The molecule has 94 valence electrons. The van der Waals surface area contributed by atoms with Crippen LogP contribution in [0, 0.1) is 0 Å². The Hall–Kier alpha value is -2.69. The Morgan fingerprint density at radius 3 is 2.42 bits per heavy atom. The molecule has 0 saturated heterocycles.